The van der Waals surface area contributed by atoms with Crippen molar-refractivity contribution < 1.29 is 16.8 Å². The number of hydrogen-bond donors (Lipinski definition) is 1. The summed E-state index contributed by atoms with van der Waals surface area (Å²) in [5, 5.41) is 0. The van der Waals surface area contributed by atoms with Crippen molar-refractivity contribution >= 4 is 42.8 Å². The first-order valence-electron chi connectivity index (χ1n) is 6.96. The molecule has 126 valence electrons. The molecule has 11 heteroatoms. The smallest absolute Gasteiger partial charge is 0.213 e. The van der Waals surface area contributed by atoms with Crippen LogP contribution in [0.3, 0.4) is 0 Å². The highest BCUT2D eigenvalue weighted by atomic mass is 32.2. The second kappa shape index (κ2) is 6.06. The van der Waals surface area contributed by atoms with Crippen molar-refractivity contribution in [3.63, 3.8) is 0 Å². The van der Waals surface area contributed by atoms with E-state index in [0.29, 0.717) is 23.9 Å². The van der Waals surface area contributed by atoms with Crippen molar-refractivity contribution in [1.29, 1.82) is 0 Å². The van der Waals surface area contributed by atoms with E-state index >= 15 is 0 Å². The molecule has 0 spiro atoms. The molecule has 3 rings (SSSR count). The highest BCUT2D eigenvalue weighted by Gasteiger charge is 2.32. The number of nitrogens with one attached hydrogen (secondary N) is 1. The molecule has 8 nitrogen and oxygen atoms in total. The third-order valence-corrected chi connectivity index (χ3v) is 6.94. The molecule has 1 N–H and O–H groups in total. The van der Waals surface area contributed by atoms with Crippen LogP contribution in [0.5, 0.6) is 0 Å². The summed E-state index contributed by atoms with van der Waals surface area (Å²) in [6, 6.07) is 4.67. The number of fused-ring (bicyclic) bond motifs is 1. The largest absolute Gasteiger partial charge is 0.245 e. The summed E-state index contributed by atoms with van der Waals surface area (Å²) < 4.78 is 60.2. The molecule has 1 aromatic carbocycles. The molecule has 0 aliphatic carbocycles. The van der Waals surface area contributed by atoms with Crippen LogP contribution in [-0.2, 0) is 20.0 Å². The van der Waals surface area contributed by atoms with Crippen molar-refractivity contribution in [3.8, 4) is 0 Å². The maximum atomic E-state index is 12.8. The highest BCUT2D eigenvalue weighted by molar-refractivity contribution is 7.89. The van der Waals surface area contributed by atoms with E-state index in [2.05, 4.69) is 13.5 Å². The van der Waals surface area contributed by atoms with Crippen LogP contribution in [0.4, 0.5) is 0 Å². The van der Waals surface area contributed by atoms with Crippen molar-refractivity contribution in [2.24, 2.45) is 0 Å². The second-order valence-corrected chi connectivity index (χ2v) is 9.67. The van der Waals surface area contributed by atoms with Gasteiger partial charge < -0.3 is 0 Å². The van der Waals surface area contributed by atoms with Gasteiger partial charge in [0.25, 0.3) is 0 Å². The summed E-state index contributed by atoms with van der Waals surface area (Å²) in [5.74, 6) is 0. The molecular formula is C12H16N4O4S3. The van der Waals surface area contributed by atoms with Gasteiger partial charge in [-0.25, -0.2) is 21.6 Å². The molecular weight excluding hydrogens is 360 g/mol. The number of benzene rings is 1. The van der Waals surface area contributed by atoms with E-state index in [1.165, 1.54) is 10.4 Å². The van der Waals surface area contributed by atoms with Gasteiger partial charge in [-0.3, -0.25) is 0 Å². The molecule has 0 saturated carbocycles. The molecule has 0 radical (unpaired) electrons. The minimum atomic E-state index is -3.67. The van der Waals surface area contributed by atoms with Gasteiger partial charge in [-0.05, 0) is 25.0 Å². The zero-order valence-electron chi connectivity index (χ0n) is 12.3. The van der Waals surface area contributed by atoms with Gasteiger partial charge in [-0.1, -0.05) is 6.07 Å². The Balaban J connectivity index is 1.81. The molecule has 0 unspecified atom stereocenters. The number of rotatable bonds is 4. The Morgan fingerprint density at radius 2 is 1.87 bits per heavy atom. The summed E-state index contributed by atoms with van der Waals surface area (Å²) >= 11 is 0.977. The Morgan fingerprint density at radius 3 is 2.52 bits per heavy atom. The number of hydrogen-bond acceptors (Lipinski definition) is 7. The monoisotopic (exact) mass is 376 g/mol. The second-order valence-electron chi connectivity index (χ2n) is 5.46. The molecule has 0 amide bonds. The number of nitrogens with zero attached hydrogens (tertiary/aromatic N) is 3. The molecule has 2 heterocycles. The first kappa shape index (κ1) is 16.7. The Bertz CT molecular complexity index is 915. The fourth-order valence-electron chi connectivity index (χ4n) is 2.65. The first-order chi connectivity index (χ1) is 10.8. The van der Waals surface area contributed by atoms with E-state index < -0.39 is 20.0 Å². The van der Waals surface area contributed by atoms with Gasteiger partial charge in [0.2, 0.25) is 20.0 Å². The lowest BCUT2D eigenvalue weighted by molar-refractivity contribution is 0.309. The highest BCUT2D eigenvalue weighted by Crippen LogP contribution is 2.26. The number of sulfonamides is 2. The zero-order chi connectivity index (χ0) is 16.7. The fourth-order valence-corrected chi connectivity index (χ4v) is 5.71. The van der Waals surface area contributed by atoms with E-state index in [0.717, 1.165) is 18.0 Å². The molecule has 1 fully saturated rings. The van der Waals surface area contributed by atoms with Gasteiger partial charge >= 0.3 is 0 Å². The molecule has 0 bridgehead atoms. The summed E-state index contributed by atoms with van der Waals surface area (Å²) in [5.41, 5.74) is 0.943. The average Bonchev–Trinajstić information content (AvgIpc) is 2.94. The Kier molecular flexibility index (Phi) is 4.40. The van der Waals surface area contributed by atoms with Crippen LogP contribution in [-0.4, -0.2) is 55.3 Å². The van der Waals surface area contributed by atoms with E-state index in [-0.39, 0.29) is 24.0 Å². The van der Waals surface area contributed by atoms with Gasteiger partial charge in [-0.2, -0.15) is 13.1 Å². The summed E-state index contributed by atoms with van der Waals surface area (Å²) in [6.07, 6.45) is 1.99. The number of piperidine rings is 1. The fraction of sp³-hybridized carbons (Fsp3) is 0.500. The normalized spacial score (nSPS) is 18.5. The third-order valence-electron chi connectivity index (χ3n) is 3.70. The lowest BCUT2D eigenvalue weighted by Gasteiger charge is -2.31. The minimum Gasteiger partial charge on any atom is -0.213 e. The van der Waals surface area contributed by atoms with Crippen LogP contribution >= 0.6 is 11.7 Å². The zero-order valence-corrected chi connectivity index (χ0v) is 14.8. The van der Waals surface area contributed by atoms with Gasteiger partial charge in [0.05, 0.1) is 18.0 Å². The minimum absolute atomic E-state index is 0.151. The SMILES string of the molecule is CS(=O)(=O)NC1CCN(S(=O)(=O)c2cccc3nsnc23)CC1. The maximum Gasteiger partial charge on any atom is 0.245 e. The molecule has 0 atom stereocenters. The Hall–Kier alpha value is -1.14. The van der Waals surface area contributed by atoms with Crippen LogP contribution in [0.15, 0.2) is 23.1 Å². The first-order valence-corrected chi connectivity index (χ1v) is 11.0. The predicted molar refractivity (Wildman–Crippen MR) is 87.2 cm³/mol. The third kappa shape index (κ3) is 3.53. The molecule has 23 heavy (non-hydrogen) atoms. The Labute approximate surface area is 138 Å². The molecule has 1 aliphatic heterocycles. The predicted octanol–water partition coefficient (Wildman–Crippen LogP) is 0.394. The standard InChI is InChI=1S/C12H16N4O4S3/c1-22(17,18)15-9-5-7-16(8-6-9)23(19,20)11-4-2-3-10-12(11)14-21-13-10/h2-4,9,15H,5-8H2,1H3. The topological polar surface area (TPSA) is 109 Å². The Morgan fingerprint density at radius 1 is 1.17 bits per heavy atom. The van der Waals surface area contributed by atoms with Crippen LogP contribution in [0, 0.1) is 0 Å². The summed E-state index contributed by atoms with van der Waals surface area (Å²) in [4.78, 5) is 0.151. The van der Waals surface area contributed by atoms with Crippen molar-refractivity contribution in [2.75, 3.05) is 19.3 Å². The van der Waals surface area contributed by atoms with Crippen molar-refractivity contribution in [2.45, 2.75) is 23.8 Å². The van der Waals surface area contributed by atoms with Gasteiger partial charge in [-0.15, -0.1) is 0 Å². The quantitative estimate of drug-likeness (QED) is 0.827. The van der Waals surface area contributed by atoms with E-state index in [9.17, 15) is 16.8 Å². The molecule has 1 saturated heterocycles. The van der Waals surface area contributed by atoms with Crippen LogP contribution in [0.25, 0.3) is 11.0 Å². The molecule has 1 aromatic heterocycles. The summed E-state index contributed by atoms with van der Waals surface area (Å²) in [6.45, 7) is 0.535. The van der Waals surface area contributed by atoms with Gasteiger partial charge in [0, 0.05) is 19.1 Å². The summed E-state index contributed by atoms with van der Waals surface area (Å²) in [7, 11) is -6.95. The average molecular weight is 376 g/mol. The van der Waals surface area contributed by atoms with E-state index in [4.69, 9.17) is 0 Å². The molecule has 2 aromatic rings. The van der Waals surface area contributed by atoms with Gasteiger partial charge in [0.1, 0.15) is 15.9 Å². The van der Waals surface area contributed by atoms with Crippen LogP contribution in [0.1, 0.15) is 12.8 Å². The van der Waals surface area contributed by atoms with Crippen LogP contribution in [0.2, 0.25) is 0 Å². The van der Waals surface area contributed by atoms with Crippen molar-refractivity contribution in [1.82, 2.24) is 17.8 Å². The van der Waals surface area contributed by atoms with E-state index in [1.807, 2.05) is 0 Å². The van der Waals surface area contributed by atoms with E-state index in [1.54, 1.807) is 12.1 Å². The van der Waals surface area contributed by atoms with Crippen molar-refractivity contribution in [3.05, 3.63) is 18.2 Å². The number of aromatic nitrogens is 2. The lowest BCUT2D eigenvalue weighted by Crippen LogP contribution is -2.46. The van der Waals surface area contributed by atoms with Crippen LogP contribution < -0.4 is 4.72 Å². The van der Waals surface area contributed by atoms with Gasteiger partial charge in [0.15, 0.2) is 0 Å². The molecule has 1 aliphatic rings. The maximum absolute atomic E-state index is 12.8. The lowest BCUT2D eigenvalue weighted by atomic mass is 10.1.